The van der Waals surface area contributed by atoms with Gasteiger partial charge in [-0.25, -0.2) is 4.79 Å². The molecule has 0 spiro atoms. The number of hydrogen-bond donors (Lipinski definition) is 1. The van der Waals surface area contributed by atoms with Gasteiger partial charge in [0, 0.05) is 6.08 Å². The second-order valence-corrected chi connectivity index (χ2v) is 2.00. The van der Waals surface area contributed by atoms with Crippen LogP contribution in [0.15, 0.2) is 12.2 Å². The highest BCUT2D eigenvalue weighted by atomic mass is 16.6. The van der Waals surface area contributed by atoms with Gasteiger partial charge < -0.3 is 9.84 Å². The number of epoxide rings is 1. The summed E-state index contributed by atoms with van der Waals surface area (Å²) in [4.78, 5) is 9.90. The van der Waals surface area contributed by atoms with Crippen LogP contribution >= 0.6 is 0 Å². The van der Waals surface area contributed by atoms with E-state index in [1.165, 1.54) is 0 Å². The molecule has 0 aromatic rings. The zero-order valence-electron chi connectivity index (χ0n) is 5.07. The predicted octanol–water partition coefficient (Wildman–Crippen LogP) is 0.414. The van der Waals surface area contributed by atoms with E-state index in [-0.39, 0.29) is 12.2 Å². The topological polar surface area (TPSA) is 49.8 Å². The van der Waals surface area contributed by atoms with Crippen LogP contribution in [-0.4, -0.2) is 23.3 Å². The molecule has 1 saturated heterocycles. The van der Waals surface area contributed by atoms with E-state index < -0.39 is 5.97 Å². The zero-order chi connectivity index (χ0) is 6.85. The van der Waals surface area contributed by atoms with Crippen LogP contribution in [0.3, 0.4) is 0 Å². The third kappa shape index (κ3) is 1.85. The van der Waals surface area contributed by atoms with Crippen molar-refractivity contribution in [3.63, 3.8) is 0 Å². The molecule has 0 amide bonds. The first-order chi connectivity index (χ1) is 4.20. The fourth-order valence-electron chi connectivity index (χ4n) is 0.581. The average Bonchev–Trinajstić information content (AvgIpc) is 2.42. The molecule has 0 bridgehead atoms. The van der Waals surface area contributed by atoms with Gasteiger partial charge in [-0.15, -0.1) is 0 Å². The molecule has 0 unspecified atom stereocenters. The number of carboxylic acid groups (broad SMARTS) is 1. The lowest BCUT2D eigenvalue weighted by atomic mass is 10.3. The van der Waals surface area contributed by atoms with Crippen LogP contribution in [0.1, 0.15) is 6.92 Å². The van der Waals surface area contributed by atoms with Gasteiger partial charge >= 0.3 is 5.97 Å². The Labute approximate surface area is 52.9 Å². The molecule has 1 fully saturated rings. The van der Waals surface area contributed by atoms with Gasteiger partial charge in [0.1, 0.15) is 6.10 Å². The zero-order valence-corrected chi connectivity index (χ0v) is 5.07. The summed E-state index contributed by atoms with van der Waals surface area (Å²) in [5.41, 5.74) is 0. The van der Waals surface area contributed by atoms with Gasteiger partial charge in [-0.1, -0.05) is 0 Å². The molecule has 9 heavy (non-hydrogen) atoms. The Hall–Kier alpha value is -0.830. The van der Waals surface area contributed by atoms with Crippen molar-refractivity contribution in [2.45, 2.75) is 19.1 Å². The van der Waals surface area contributed by atoms with E-state index in [9.17, 15) is 4.79 Å². The third-order valence-corrected chi connectivity index (χ3v) is 1.19. The minimum absolute atomic E-state index is 0.0427. The summed E-state index contributed by atoms with van der Waals surface area (Å²) in [7, 11) is 0. The molecular weight excluding hydrogens is 120 g/mol. The van der Waals surface area contributed by atoms with Crippen molar-refractivity contribution < 1.29 is 14.6 Å². The number of carboxylic acids is 1. The van der Waals surface area contributed by atoms with Gasteiger partial charge in [0.25, 0.3) is 0 Å². The molecule has 1 rings (SSSR count). The second-order valence-electron chi connectivity index (χ2n) is 2.00. The molecule has 3 nitrogen and oxygen atoms in total. The van der Waals surface area contributed by atoms with Crippen molar-refractivity contribution in [2.24, 2.45) is 0 Å². The summed E-state index contributed by atoms with van der Waals surface area (Å²) in [6.45, 7) is 1.90. The van der Waals surface area contributed by atoms with Crippen molar-refractivity contribution in [2.75, 3.05) is 0 Å². The van der Waals surface area contributed by atoms with E-state index in [1.807, 2.05) is 6.92 Å². The molecule has 0 aliphatic carbocycles. The number of aliphatic carboxylic acids is 1. The summed E-state index contributed by atoms with van der Waals surface area (Å²) < 4.78 is 4.92. The first-order valence-electron chi connectivity index (χ1n) is 2.77. The molecule has 1 aliphatic heterocycles. The van der Waals surface area contributed by atoms with Gasteiger partial charge in [0.2, 0.25) is 0 Å². The lowest BCUT2D eigenvalue weighted by molar-refractivity contribution is -0.131. The third-order valence-electron chi connectivity index (χ3n) is 1.19. The molecule has 0 radical (unpaired) electrons. The lowest BCUT2D eigenvalue weighted by Gasteiger charge is -1.75. The van der Waals surface area contributed by atoms with Crippen LogP contribution in [0.5, 0.6) is 0 Å². The van der Waals surface area contributed by atoms with E-state index >= 15 is 0 Å². The van der Waals surface area contributed by atoms with Crippen LogP contribution < -0.4 is 0 Å². The first-order valence-corrected chi connectivity index (χ1v) is 2.77. The van der Waals surface area contributed by atoms with Gasteiger partial charge in [-0.05, 0) is 13.0 Å². The normalized spacial score (nSPS) is 33.0. The average molecular weight is 128 g/mol. The fourth-order valence-corrected chi connectivity index (χ4v) is 0.581. The monoisotopic (exact) mass is 128 g/mol. The van der Waals surface area contributed by atoms with E-state index in [4.69, 9.17) is 9.84 Å². The quantitative estimate of drug-likeness (QED) is 0.433. The number of hydrogen-bond acceptors (Lipinski definition) is 2. The van der Waals surface area contributed by atoms with Crippen molar-refractivity contribution in [3.05, 3.63) is 12.2 Å². The van der Waals surface area contributed by atoms with Gasteiger partial charge in [-0.2, -0.15) is 0 Å². The molecule has 1 N–H and O–H groups in total. The fraction of sp³-hybridized carbons (Fsp3) is 0.500. The minimum Gasteiger partial charge on any atom is -0.478 e. The SMILES string of the molecule is C[C@@H]1O[C@H]1/C=C/C(=O)O. The summed E-state index contributed by atoms with van der Waals surface area (Å²) in [6.07, 6.45) is 2.91. The van der Waals surface area contributed by atoms with Gasteiger partial charge in [-0.3, -0.25) is 0 Å². The Morgan fingerprint density at radius 3 is 2.67 bits per heavy atom. The molecule has 50 valence electrons. The van der Waals surface area contributed by atoms with Crippen LogP contribution in [0.25, 0.3) is 0 Å². The first kappa shape index (κ1) is 6.29. The Morgan fingerprint density at radius 2 is 2.33 bits per heavy atom. The van der Waals surface area contributed by atoms with Crippen LogP contribution in [0.2, 0.25) is 0 Å². The molecular formula is C6H8O3. The smallest absolute Gasteiger partial charge is 0.328 e. The molecule has 1 aliphatic rings. The highest BCUT2D eigenvalue weighted by Gasteiger charge is 2.31. The van der Waals surface area contributed by atoms with Crippen LogP contribution in [0, 0.1) is 0 Å². The maximum absolute atomic E-state index is 9.90. The maximum atomic E-state index is 9.90. The van der Waals surface area contributed by atoms with Crippen molar-refractivity contribution in [1.29, 1.82) is 0 Å². The van der Waals surface area contributed by atoms with Crippen LogP contribution in [-0.2, 0) is 9.53 Å². The maximum Gasteiger partial charge on any atom is 0.328 e. The summed E-state index contributed by atoms with van der Waals surface area (Å²) >= 11 is 0. The van der Waals surface area contributed by atoms with Crippen molar-refractivity contribution in [3.8, 4) is 0 Å². The van der Waals surface area contributed by atoms with Crippen LogP contribution in [0.4, 0.5) is 0 Å². The van der Waals surface area contributed by atoms with Crippen molar-refractivity contribution >= 4 is 5.97 Å². The molecule has 3 heteroatoms. The molecule has 1 heterocycles. The molecule has 0 saturated carbocycles. The van der Waals surface area contributed by atoms with E-state index in [1.54, 1.807) is 6.08 Å². The summed E-state index contributed by atoms with van der Waals surface area (Å²) in [5, 5.41) is 8.13. The predicted molar refractivity (Wildman–Crippen MR) is 31.1 cm³/mol. The molecule has 2 atom stereocenters. The lowest BCUT2D eigenvalue weighted by Crippen LogP contribution is -1.89. The Bertz CT molecular complexity index is 150. The van der Waals surface area contributed by atoms with Crippen molar-refractivity contribution in [1.82, 2.24) is 0 Å². The van der Waals surface area contributed by atoms with Gasteiger partial charge in [0.05, 0.1) is 6.10 Å². The minimum atomic E-state index is -0.919. The summed E-state index contributed by atoms with van der Waals surface area (Å²) in [5.74, 6) is -0.919. The Kier molecular flexibility index (Phi) is 1.53. The number of carbonyl (C=O) groups is 1. The summed E-state index contributed by atoms with van der Waals surface area (Å²) in [6, 6.07) is 0. The highest BCUT2D eigenvalue weighted by molar-refractivity contribution is 5.79. The largest absolute Gasteiger partial charge is 0.478 e. The Morgan fingerprint density at radius 1 is 1.78 bits per heavy atom. The molecule has 0 aromatic heterocycles. The standard InChI is InChI=1S/C6H8O3/c1-4-5(9-4)2-3-6(7)8/h2-5H,1H3,(H,7,8)/b3-2+/t4-,5-/m0/s1. The Balaban J connectivity index is 2.25. The van der Waals surface area contributed by atoms with E-state index in [0.29, 0.717) is 0 Å². The molecule has 0 aromatic carbocycles. The number of rotatable bonds is 2. The van der Waals surface area contributed by atoms with E-state index in [2.05, 4.69) is 0 Å². The van der Waals surface area contributed by atoms with Gasteiger partial charge in [0.15, 0.2) is 0 Å². The number of ether oxygens (including phenoxy) is 1. The second kappa shape index (κ2) is 2.19. The highest BCUT2D eigenvalue weighted by Crippen LogP contribution is 2.21. The van der Waals surface area contributed by atoms with E-state index in [0.717, 1.165) is 6.08 Å².